The molecular formula is C25H32N6O2. The zero-order valence-corrected chi connectivity index (χ0v) is 19.8. The summed E-state index contributed by atoms with van der Waals surface area (Å²) < 4.78 is 5.47. The fourth-order valence-electron chi connectivity index (χ4n) is 4.27. The number of carbonyl (C=O) groups is 1. The Kier molecular flexibility index (Phi) is 6.44. The molecule has 0 atom stereocenters. The fourth-order valence-corrected chi connectivity index (χ4v) is 4.27. The highest BCUT2D eigenvalue weighted by Gasteiger charge is 2.26. The molecule has 1 saturated carbocycles. The van der Waals surface area contributed by atoms with Crippen LogP contribution >= 0.6 is 0 Å². The molecular weight excluding hydrogens is 416 g/mol. The summed E-state index contributed by atoms with van der Waals surface area (Å²) in [4.78, 5) is 30.2. The van der Waals surface area contributed by atoms with Crippen LogP contribution < -0.4 is 11.1 Å². The molecule has 0 amide bonds. The largest absolute Gasteiger partial charge is 0.460 e. The van der Waals surface area contributed by atoms with Gasteiger partial charge in [-0.3, -0.25) is 4.79 Å². The van der Waals surface area contributed by atoms with Gasteiger partial charge in [0.05, 0.1) is 17.4 Å². The van der Waals surface area contributed by atoms with E-state index in [4.69, 9.17) is 20.4 Å². The summed E-state index contributed by atoms with van der Waals surface area (Å²) in [6.07, 6.45) is 7.92. The summed E-state index contributed by atoms with van der Waals surface area (Å²) in [5.41, 5.74) is 9.59. The number of anilines is 2. The van der Waals surface area contributed by atoms with Crippen LogP contribution in [0.2, 0.25) is 0 Å². The molecule has 174 valence electrons. The van der Waals surface area contributed by atoms with Crippen molar-refractivity contribution in [2.75, 3.05) is 11.1 Å². The molecule has 0 saturated heterocycles. The van der Waals surface area contributed by atoms with Gasteiger partial charge in [-0.25, -0.2) is 19.9 Å². The summed E-state index contributed by atoms with van der Waals surface area (Å²) in [7, 11) is 0. The summed E-state index contributed by atoms with van der Waals surface area (Å²) in [6, 6.07) is 5.98. The van der Waals surface area contributed by atoms with Crippen molar-refractivity contribution in [3.05, 3.63) is 36.2 Å². The Balaban J connectivity index is 1.39. The Labute approximate surface area is 194 Å². The van der Waals surface area contributed by atoms with Crippen LogP contribution in [0.5, 0.6) is 0 Å². The molecule has 8 nitrogen and oxygen atoms in total. The maximum atomic E-state index is 12.1. The first-order valence-electron chi connectivity index (χ1n) is 11.5. The van der Waals surface area contributed by atoms with Crippen LogP contribution in [0.25, 0.3) is 22.3 Å². The van der Waals surface area contributed by atoms with E-state index >= 15 is 0 Å². The van der Waals surface area contributed by atoms with Gasteiger partial charge in [-0.05, 0) is 83.1 Å². The van der Waals surface area contributed by atoms with E-state index in [1.165, 1.54) is 0 Å². The van der Waals surface area contributed by atoms with Crippen molar-refractivity contribution in [2.45, 2.75) is 71.4 Å². The molecule has 0 aliphatic heterocycles. The first-order valence-corrected chi connectivity index (χ1v) is 11.5. The van der Waals surface area contributed by atoms with E-state index in [2.05, 4.69) is 15.3 Å². The number of nitrogens with zero attached hydrogens (tertiary/aromatic N) is 4. The zero-order chi connectivity index (χ0) is 23.6. The van der Waals surface area contributed by atoms with Crippen molar-refractivity contribution in [2.24, 2.45) is 5.92 Å². The van der Waals surface area contributed by atoms with E-state index in [1.54, 1.807) is 18.5 Å². The van der Waals surface area contributed by atoms with Gasteiger partial charge in [-0.1, -0.05) is 0 Å². The van der Waals surface area contributed by atoms with Crippen LogP contribution in [0, 0.1) is 12.8 Å². The minimum absolute atomic E-state index is 0.103. The molecule has 8 heteroatoms. The topological polar surface area (TPSA) is 116 Å². The van der Waals surface area contributed by atoms with Crippen molar-refractivity contribution in [1.29, 1.82) is 0 Å². The van der Waals surface area contributed by atoms with Gasteiger partial charge in [0.2, 0.25) is 5.95 Å². The second kappa shape index (κ2) is 9.29. The highest BCUT2D eigenvalue weighted by molar-refractivity contribution is 5.81. The van der Waals surface area contributed by atoms with Gasteiger partial charge in [0.15, 0.2) is 0 Å². The van der Waals surface area contributed by atoms with E-state index in [9.17, 15) is 4.79 Å². The molecule has 3 heterocycles. The average molecular weight is 449 g/mol. The van der Waals surface area contributed by atoms with E-state index < -0.39 is 5.60 Å². The predicted molar refractivity (Wildman–Crippen MR) is 130 cm³/mol. The number of carbonyl (C=O) groups excluding carboxylic acids is 1. The third-order valence-corrected chi connectivity index (χ3v) is 5.87. The molecule has 3 N–H and O–H groups in total. The summed E-state index contributed by atoms with van der Waals surface area (Å²) in [5, 5.41) is 3.47. The molecule has 3 aromatic heterocycles. The predicted octanol–water partition coefficient (Wildman–Crippen LogP) is 4.68. The number of hydrogen-bond donors (Lipinski definition) is 2. The number of hydrogen-bond acceptors (Lipinski definition) is 8. The van der Waals surface area contributed by atoms with Crippen LogP contribution in [0.4, 0.5) is 11.8 Å². The van der Waals surface area contributed by atoms with Gasteiger partial charge in [-0.15, -0.1) is 0 Å². The standard InChI is InChI=1S/C25H32N6O2/c1-15-11-19(17-7-10-21(26)27-13-17)30-20-14-28-24(31-23(15)20)29-18-8-5-16(6-9-18)12-22(32)33-25(2,3)4/h7,10-11,13-14,16,18H,5-6,8-9,12H2,1-4H3,(H2,26,27)(H,28,29,31). The molecule has 3 aromatic rings. The lowest BCUT2D eigenvalue weighted by Gasteiger charge is -2.29. The van der Waals surface area contributed by atoms with Crippen molar-refractivity contribution in [3.63, 3.8) is 0 Å². The van der Waals surface area contributed by atoms with Crippen LogP contribution in [0.3, 0.4) is 0 Å². The van der Waals surface area contributed by atoms with Gasteiger partial charge >= 0.3 is 5.97 Å². The normalized spacial score (nSPS) is 18.8. The van der Waals surface area contributed by atoms with Crippen molar-refractivity contribution >= 4 is 28.8 Å². The van der Waals surface area contributed by atoms with Crippen LogP contribution in [0.1, 0.15) is 58.4 Å². The van der Waals surface area contributed by atoms with Crippen LogP contribution in [-0.2, 0) is 9.53 Å². The summed E-state index contributed by atoms with van der Waals surface area (Å²) >= 11 is 0. The number of aromatic nitrogens is 4. The van der Waals surface area contributed by atoms with Gasteiger partial charge < -0.3 is 15.8 Å². The molecule has 0 radical (unpaired) electrons. The highest BCUT2D eigenvalue weighted by atomic mass is 16.6. The average Bonchev–Trinajstić information content (AvgIpc) is 2.74. The summed E-state index contributed by atoms with van der Waals surface area (Å²) in [5.74, 6) is 1.37. The number of nitrogens with one attached hydrogen (secondary N) is 1. The Morgan fingerprint density at radius 2 is 1.88 bits per heavy atom. The number of aryl methyl sites for hydroxylation is 1. The number of rotatable bonds is 5. The summed E-state index contributed by atoms with van der Waals surface area (Å²) in [6.45, 7) is 7.74. The molecule has 0 aromatic carbocycles. The Morgan fingerprint density at radius 1 is 1.12 bits per heavy atom. The van der Waals surface area contributed by atoms with E-state index in [1.807, 2.05) is 39.8 Å². The SMILES string of the molecule is Cc1cc(-c2ccc(N)nc2)nc2cnc(NC3CCC(CC(=O)OC(C)(C)C)CC3)nc12. The zero-order valence-electron chi connectivity index (χ0n) is 19.8. The van der Waals surface area contributed by atoms with Gasteiger partial charge in [-0.2, -0.15) is 0 Å². The number of fused-ring (bicyclic) bond motifs is 1. The quantitative estimate of drug-likeness (QED) is 0.541. The number of pyridine rings is 2. The molecule has 33 heavy (non-hydrogen) atoms. The van der Waals surface area contributed by atoms with Gasteiger partial charge in [0, 0.05) is 24.2 Å². The third-order valence-electron chi connectivity index (χ3n) is 5.87. The minimum Gasteiger partial charge on any atom is -0.460 e. The van der Waals surface area contributed by atoms with Crippen molar-refractivity contribution in [3.8, 4) is 11.3 Å². The first-order chi connectivity index (χ1) is 15.7. The van der Waals surface area contributed by atoms with E-state index in [-0.39, 0.29) is 5.97 Å². The molecule has 0 unspecified atom stereocenters. The van der Waals surface area contributed by atoms with Crippen LogP contribution in [-0.4, -0.2) is 37.5 Å². The molecule has 1 aliphatic rings. The first kappa shape index (κ1) is 22.9. The van der Waals surface area contributed by atoms with Crippen molar-refractivity contribution < 1.29 is 9.53 Å². The maximum Gasteiger partial charge on any atom is 0.306 e. The van der Waals surface area contributed by atoms with Gasteiger partial charge in [0.1, 0.15) is 16.9 Å². The molecule has 0 spiro atoms. The number of ether oxygens (including phenoxy) is 1. The molecule has 1 aliphatic carbocycles. The Hall–Kier alpha value is -3.29. The van der Waals surface area contributed by atoms with Crippen molar-refractivity contribution in [1.82, 2.24) is 19.9 Å². The minimum atomic E-state index is -0.428. The van der Waals surface area contributed by atoms with E-state index in [0.717, 1.165) is 53.5 Å². The number of esters is 1. The highest BCUT2D eigenvalue weighted by Crippen LogP contribution is 2.30. The molecule has 0 bridgehead atoms. The lowest BCUT2D eigenvalue weighted by molar-refractivity contribution is -0.156. The molecule has 1 fully saturated rings. The Morgan fingerprint density at radius 3 is 2.55 bits per heavy atom. The lowest BCUT2D eigenvalue weighted by atomic mass is 9.84. The second-order valence-corrected chi connectivity index (χ2v) is 9.88. The van der Waals surface area contributed by atoms with Crippen LogP contribution in [0.15, 0.2) is 30.6 Å². The Bertz CT molecular complexity index is 1130. The maximum absolute atomic E-state index is 12.1. The van der Waals surface area contributed by atoms with E-state index in [0.29, 0.717) is 30.1 Å². The fraction of sp³-hybridized carbons (Fsp3) is 0.480. The van der Waals surface area contributed by atoms with Gasteiger partial charge in [0.25, 0.3) is 0 Å². The smallest absolute Gasteiger partial charge is 0.306 e. The number of nitrogens with two attached hydrogens (primary N) is 1. The lowest BCUT2D eigenvalue weighted by Crippen LogP contribution is -2.30. The third kappa shape index (κ3) is 5.94. The monoisotopic (exact) mass is 448 g/mol. The number of nitrogen functional groups attached to an aromatic ring is 1. The second-order valence-electron chi connectivity index (χ2n) is 9.88. The molecule has 4 rings (SSSR count).